The summed E-state index contributed by atoms with van der Waals surface area (Å²) in [7, 11) is 0. The van der Waals surface area contributed by atoms with Crippen molar-refractivity contribution >= 4 is 51.5 Å². The third kappa shape index (κ3) is 5.26. The summed E-state index contributed by atoms with van der Waals surface area (Å²) in [5.41, 5.74) is 2.23. The molecular weight excluding hydrogens is 481 g/mol. The number of carbonyl (C=O) groups excluding carboxylic acids is 1. The average Bonchev–Trinajstić information content (AvgIpc) is 2.61. The van der Waals surface area contributed by atoms with Crippen LogP contribution < -0.4 is 10.8 Å². The van der Waals surface area contributed by atoms with Crippen LogP contribution in [0.25, 0.3) is 0 Å². The van der Waals surface area contributed by atoms with E-state index < -0.39 is 23.6 Å². The van der Waals surface area contributed by atoms with Crippen molar-refractivity contribution in [2.75, 3.05) is 11.9 Å². The van der Waals surface area contributed by atoms with Crippen molar-refractivity contribution in [3.63, 3.8) is 0 Å². The molecule has 5 nitrogen and oxygen atoms in total. The molecule has 0 saturated heterocycles. The standard InChI is InChI=1S/C17H16ClF2IN2O3/c1-2-10(8-24)26-23-17(25)11-6-12(18)13(19)7-16(11)22-15-4-3-9(21)5-14(15)20/h3-7,10,22,24H,2,8H2,1H3,(H,23,25). The number of hydroxylamine groups is 1. The molecule has 0 aliphatic heterocycles. The van der Waals surface area contributed by atoms with E-state index in [1.807, 2.05) is 22.6 Å². The molecule has 0 radical (unpaired) electrons. The van der Waals surface area contributed by atoms with Gasteiger partial charge in [-0.3, -0.25) is 9.63 Å². The maximum atomic E-state index is 14.1. The second-order valence-corrected chi connectivity index (χ2v) is 6.98. The molecule has 0 fully saturated rings. The molecule has 9 heteroatoms. The molecule has 1 amide bonds. The topological polar surface area (TPSA) is 70.6 Å². The van der Waals surface area contributed by atoms with Crippen molar-refractivity contribution < 1.29 is 23.5 Å². The molecule has 2 aromatic carbocycles. The van der Waals surface area contributed by atoms with Gasteiger partial charge in [0.05, 0.1) is 28.6 Å². The normalized spacial score (nSPS) is 11.9. The Labute approximate surface area is 167 Å². The number of hydrogen-bond donors (Lipinski definition) is 3. The van der Waals surface area contributed by atoms with Crippen molar-refractivity contribution in [3.8, 4) is 0 Å². The van der Waals surface area contributed by atoms with Gasteiger partial charge >= 0.3 is 0 Å². The van der Waals surface area contributed by atoms with Crippen LogP contribution in [-0.4, -0.2) is 23.7 Å². The Morgan fingerprint density at radius 2 is 2.00 bits per heavy atom. The van der Waals surface area contributed by atoms with Crippen molar-refractivity contribution in [2.24, 2.45) is 0 Å². The summed E-state index contributed by atoms with van der Waals surface area (Å²) in [5.74, 6) is -2.03. The molecule has 2 rings (SSSR count). The highest BCUT2D eigenvalue weighted by Crippen LogP contribution is 2.28. The van der Waals surface area contributed by atoms with E-state index >= 15 is 0 Å². The Balaban J connectivity index is 2.30. The number of amides is 1. The predicted octanol–water partition coefficient (Wildman–Crippen LogP) is 4.40. The molecule has 26 heavy (non-hydrogen) atoms. The van der Waals surface area contributed by atoms with E-state index in [-0.39, 0.29) is 28.6 Å². The first-order chi connectivity index (χ1) is 12.3. The van der Waals surface area contributed by atoms with E-state index in [0.29, 0.717) is 9.99 Å². The quantitative estimate of drug-likeness (QED) is 0.393. The summed E-state index contributed by atoms with van der Waals surface area (Å²) in [4.78, 5) is 17.4. The fraction of sp³-hybridized carbons (Fsp3) is 0.235. The maximum Gasteiger partial charge on any atom is 0.277 e. The lowest BCUT2D eigenvalue weighted by molar-refractivity contribution is -0.0408. The molecule has 3 N–H and O–H groups in total. The first kappa shape index (κ1) is 20.8. The van der Waals surface area contributed by atoms with Gasteiger partial charge in [-0.2, -0.15) is 0 Å². The smallest absolute Gasteiger partial charge is 0.277 e. The van der Waals surface area contributed by atoms with Crippen LogP contribution in [0.5, 0.6) is 0 Å². The summed E-state index contributed by atoms with van der Waals surface area (Å²) in [6, 6.07) is 6.54. The summed E-state index contributed by atoms with van der Waals surface area (Å²) >= 11 is 7.72. The molecule has 0 heterocycles. The molecule has 0 aliphatic carbocycles. The fourth-order valence-electron chi connectivity index (χ4n) is 2.02. The van der Waals surface area contributed by atoms with Crippen LogP contribution in [-0.2, 0) is 4.84 Å². The largest absolute Gasteiger partial charge is 0.394 e. The molecule has 0 aliphatic rings. The van der Waals surface area contributed by atoms with E-state index in [9.17, 15) is 13.6 Å². The van der Waals surface area contributed by atoms with E-state index in [4.69, 9.17) is 21.5 Å². The molecule has 0 spiro atoms. The van der Waals surface area contributed by atoms with Gasteiger partial charge in [-0.25, -0.2) is 14.3 Å². The number of hydrogen-bond acceptors (Lipinski definition) is 4. The molecule has 140 valence electrons. The zero-order valence-electron chi connectivity index (χ0n) is 13.7. The molecular formula is C17H16ClF2IN2O3. The summed E-state index contributed by atoms with van der Waals surface area (Å²) < 4.78 is 28.6. The number of anilines is 2. The van der Waals surface area contributed by atoms with Gasteiger partial charge in [0, 0.05) is 3.57 Å². The number of benzene rings is 2. The van der Waals surface area contributed by atoms with Crippen LogP contribution in [0.15, 0.2) is 30.3 Å². The van der Waals surface area contributed by atoms with E-state index in [1.165, 1.54) is 12.1 Å². The van der Waals surface area contributed by atoms with Gasteiger partial charge < -0.3 is 10.4 Å². The lowest BCUT2D eigenvalue weighted by atomic mass is 10.1. The highest BCUT2D eigenvalue weighted by atomic mass is 127. The highest BCUT2D eigenvalue weighted by Gasteiger charge is 2.18. The lowest BCUT2D eigenvalue weighted by Gasteiger charge is -2.16. The maximum absolute atomic E-state index is 14.1. The van der Waals surface area contributed by atoms with Crippen LogP contribution in [0.4, 0.5) is 20.2 Å². The van der Waals surface area contributed by atoms with Crippen molar-refractivity contribution in [2.45, 2.75) is 19.4 Å². The minimum atomic E-state index is -0.764. The fourth-order valence-corrected chi connectivity index (χ4v) is 2.63. The third-order valence-corrected chi connectivity index (χ3v) is 4.44. The van der Waals surface area contributed by atoms with Crippen molar-refractivity contribution in [1.29, 1.82) is 0 Å². The van der Waals surface area contributed by atoms with Gasteiger partial charge in [0.2, 0.25) is 0 Å². The minimum Gasteiger partial charge on any atom is -0.394 e. The first-order valence-corrected chi connectivity index (χ1v) is 9.09. The van der Waals surface area contributed by atoms with Gasteiger partial charge in [-0.05, 0) is 59.3 Å². The third-order valence-electron chi connectivity index (χ3n) is 3.48. The monoisotopic (exact) mass is 496 g/mol. The van der Waals surface area contributed by atoms with Crippen LogP contribution in [0.2, 0.25) is 5.02 Å². The number of halogens is 4. The van der Waals surface area contributed by atoms with Crippen LogP contribution in [0.1, 0.15) is 23.7 Å². The molecule has 0 bridgehead atoms. The Morgan fingerprint density at radius 1 is 1.27 bits per heavy atom. The van der Waals surface area contributed by atoms with Gasteiger partial charge in [0.25, 0.3) is 5.91 Å². The number of aliphatic hydroxyl groups excluding tert-OH is 1. The number of rotatable bonds is 7. The molecule has 0 aromatic heterocycles. The number of aliphatic hydroxyl groups is 1. The number of carbonyl (C=O) groups is 1. The van der Waals surface area contributed by atoms with Crippen LogP contribution >= 0.6 is 34.2 Å². The second kappa shape index (κ2) is 9.45. The van der Waals surface area contributed by atoms with Crippen molar-refractivity contribution in [3.05, 3.63) is 56.1 Å². The van der Waals surface area contributed by atoms with Crippen molar-refractivity contribution in [1.82, 2.24) is 5.48 Å². The van der Waals surface area contributed by atoms with Crippen LogP contribution in [0, 0.1) is 15.2 Å². The molecule has 1 unspecified atom stereocenters. The molecule has 0 saturated carbocycles. The predicted molar refractivity (Wildman–Crippen MR) is 104 cm³/mol. The second-order valence-electron chi connectivity index (χ2n) is 5.32. The Hall–Kier alpha value is -1.49. The summed E-state index contributed by atoms with van der Waals surface area (Å²) in [5, 5.41) is 11.5. The number of nitrogens with one attached hydrogen (secondary N) is 2. The van der Waals surface area contributed by atoms with Gasteiger partial charge in [0.15, 0.2) is 0 Å². The Morgan fingerprint density at radius 3 is 2.62 bits per heavy atom. The van der Waals surface area contributed by atoms with Gasteiger partial charge in [-0.1, -0.05) is 18.5 Å². The van der Waals surface area contributed by atoms with Gasteiger partial charge in [-0.15, -0.1) is 0 Å². The minimum absolute atomic E-state index is 0.0187. The zero-order chi connectivity index (χ0) is 19.3. The Kier molecular flexibility index (Phi) is 7.56. The summed E-state index contributed by atoms with van der Waals surface area (Å²) in [6.07, 6.45) is -0.111. The average molecular weight is 497 g/mol. The van der Waals surface area contributed by atoms with E-state index in [1.54, 1.807) is 13.0 Å². The molecule has 2 aromatic rings. The first-order valence-electron chi connectivity index (χ1n) is 7.63. The highest BCUT2D eigenvalue weighted by molar-refractivity contribution is 14.1. The summed E-state index contributed by atoms with van der Waals surface area (Å²) in [6.45, 7) is 1.49. The van der Waals surface area contributed by atoms with E-state index in [2.05, 4.69) is 10.8 Å². The van der Waals surface area contributed by atoms with E-state index in [0.717, 1.165) is 12.1 Å². The zero-order valence-corrected chi connectivity index (χ0v) is 16.6. The lowest BCUT2D eigenvalue weighted by Crippen LogP contribution is -2.31. The van der Waals surface area contributed by atoms with Gasteiger partial charge in [0.1, 0.15) is 17.7 Å². The molecule has 1 atom stereocenters. The van der Waals surface area contributed by atoms with Crippen LogP contribution in [0.3, 0.4) is 0 Å². The SMILES string of the molecule is CCC(CO)ONC(=O)c1cc(Cl)c(F)cc1Nc1ccc(I)cc1F. The Bertz CT molecular complexity index is 804.